The van der Waals surface area contributed by atoms with E-state index in [9.17, 15) is 4.79 Å². The zero-order valence-corrected chi connectivity index (χ0v) is 8.83. The number of hydrogen-bond acceptors (Lipinski definition) is 4. The van der Waals surface area contributed by atoms with Gasteiger partial charge in [0.25, 0.3) is 0 Å². The average molecular weight is 217 g/mol. The summed E-state index contributed by atoms with van der Waals surface area (Å²) in [6, 6.07) is 3.72. The van der Waals surface area contributed by atoms with Crippen LogP contribution >= 0.6 is 0 Å². The van der Waals surface area contributed by atoms with E-state index in [1.165, 1.54) is 7.11 Å². The number of rotatable bonds is 3. The normalized spacial score (nSPS) is 10.1. The van der Waals surface area contributed by atoms with E-state index in [0.717, 1.165) is 5.56 Å². The molecule has 82 valence electrons. The molecule has 5 nitrogen and oxygen atoms in total. The van der Waals surface area contributed by atoms with Crippen molar-refractivity contribution in [3.05, 3.63) is 36.9 Å². The summed E-state index contributed by atoms with van der Waals surface area (Å²) in [6.45, 7) is 0.153. The number of hydrogen-bond donors (Lipinski definition) is 0. The molecule has 0 aliphatic heterocycles. The van der Waals surface area contributed by atoms with Crippen LogP contribution in [-0.2, 0) is 16.1 Å². The van der Waals surface area contributed by atoms with Crippen LogP contribution in [0.1, 0.15) is 0 Å². The van der Waals surface area contributed by atoms with Gasteiger partial charge in [-0.2, -0.15) is 0 Å². The molecule has 0 atom stereocenters. The van der Waals surface area contributed by atoms with Crippen molar-refractivity contribution in [2.45, 2.75) is 6.54 Å². The molecule has 0 aromatic carbocycles. The van der Waals surface area contributed by atoms with Crippen molar-refractivity contribution in [2.24, 2.45) is 0 Å². The monoisotopic (exact) mass is 217 g/mol. The maximum absolute atomic E-state index is 11.2. The Morgan fingerprint density at radius 2 is 2.38 bits per heavy atom. The lowest BCUT2D eigenvalue weighted by Crippen LogP contribution is -2.11. The lowest BCUT2D eigenvalue weighted by molar-refractivity contribution is -0.141. The van der Waals surface area contributed by atoms with Crippen LogP contribution in [0.3, 0.4) is 0 Å². The van der Waals surface area contributed by atoms with Crippen LogP contribution in [0.15, 0.2) is 36.9 Å². The van der Waals surface area contributed by atoms with Crippen LogP contribution in [0.5, 0.6) is 0 Å². The van der Waals surface area contributed by atoms with Gasteiger partial charge in [-0.05, 0) is 12.1 Å². The van der Waals surface area contributed by atoms with Gasteiger partial charge >= 0.3 is 5.97 Å². The minimum atomic E-state index is -0.303. The van der Waals surface area contributed by atoms with Crippen LogP contribution in [0.25, 0.3) is 11.4 Å². The summed E-state index contributed by atoms with van der Waals surface area (Å²) in [5.41, 5.74) is 0.872. The van der Waals surface area contributed by atoms with Crippen molar-refractivity contribution in [3.63, 3.8) is 0 Å². The Labute approximate surface area is 92.7 Å². The van der Waals surface area contributed by atoms with E-state index in [1.807, 2.05) is 12.1 Å². The van der Waals surface area contributed by atoms with E-state index in [-0.39, 0.29) is 12.5 Å². The quantitative estimate of drug-likeness (QED) is 0.723. The van der Waals surface area contributed by atoms with Crippen LogP contribution in [0, 0.1) is 0 Å². The predicted octanol–water partition coefficient (Wildman–Crippen LogP) is 1.12. The first-order valence-corrected chi connectivity index (χ1v) is 4.79. The summed E-state index contributed by atoms with van der Waals surface area (Å²) in [4.78, 5) is 19.4. The lowest BCUT2D eigenvalue weighted by atomic mass is 10.3. The van der Waals surface area contributed by atoms with Crippen LogP contribution < -0.4 is 0 Å². The van der Waals surface area contributed by atoms with Gasteiger partial charge in [-0.1, -0.05) is 0 Å². The number of carbonyl (C=O) groups excluding carboxylic acids is 1. The van der Waals surface area contributed by atoms with Crippen molar-refractivity contribution in [1.82, 2.24) is 14.5 Å². The highest BCUT2D eigenvalue weighted by Gasteiger charge is 2.09. The molecule has 0 spiro atoms. The molecule has 2 heterocycles. The molecule has 0 aliphatic carbocycles. The minimum absolute atomic E-state index is 0.153. The molecule has 2 rings (SSSR count). The zero-order valence-electron chi connectivity index (χ0n) is 8.83. The molecule has 0 fully saturated rings. The average Bonchev–Trinajstić information content (AvgIpc) is 2.78. The number of pyridine rings is 1. The number of carbonyl (C=O) groups is 1. The summed E-state index contributed by atoms with van der Waals surface area (Å²) in [7, 11) is 1.36. The van der Waals surface area contributed by atoms with E-state index in [2.05, 4.69) is 14.7 Å². The molecule has 0 saturated carbocycles. The Balaban J connectivity index is 2.29. The van der Waals surface area contributed by atoms with Gasteiger partial charge in [-0.3, -0.25) is 9.78 Å². The maximum Gasteiger partial charge on any atom is 0.325 e. The molecular weight excluding hydrogens is 206 g/mol. The number of nitrogens with zero attached hydrogens (tertiary/aromatic N) is 3. The SMILES string of the molecule is COC(=O)Cn1ccnc1-c1cccnc1. The predicted molar refractivity (Wildman–Crippen MR) is 57.5 cm³/mol. The third-order valence-corrected chi connectivity index (χ3v) is 2.16. The molecule has 0 unspecified atom stereocenters. The largest absolute Gasteiger partial charge is 0.468 e. The van der Waals surface area contributed by atoms with E-state index in [1.54, 1.807) is 29.4 Å². The van der Waals surface area contributed by atoms with Crippen molar-refractivity contribution in [3.8, 4) is 11.4 Å². The van der Waals surface area contributed by atoms with E-state index in [0.29, 0.717) is 5.82 Å². The Bertz CT molecular complexity index is 479. The first kappa shape index (κ1) is 10.4. The number of aromatic nitrogens is 3. The molecule has 5 heteroatoms. The molecule has 0 bridgehead atoms. The molecule has 2 aromatic rings. The molecule has 0 N–H and O–H groups in total. The highest BCUT2D eigenvalue weighted by molar-refractivity contribution is 5.70. The van der Waals surface area contributed by atoms with Crippen LogP contribution in [0.4, 0.5) is 0 Å². The fourth-order valence-corrected chi connectivity index (χ4v) is 1.40. The molecule has 0 aliphatic rings. The highest BCUT2D eigenvalue weighted by atomic mass is 16.5. The van der Waals surface area contributed by atoms with Crippen molar-refractivity contribution >= 4 is 5.97 Å². The first-order chi connectivity index (χ1) is 7.81. The third kappa shape index (κ3) is 2.08. The van der Waals surface area contributed by atoms with Crippen LogP contribution in [0.2, 0.25) is 0 Å². The Kier molecular flexibility index (Phi) is 2.95. The zero-order chi connectivity index (χ0) is 11.4. The molecule has 2 aromatic heterocycles. The van der Waals surface area contributed by atoms with Crippen molar-refractivity contribution < 1.29 is 9.53 Å². The lowest BCUT2D eigenvalue weighted by Gasteiger charge is -2.05. The molecular formula is C11H11N3O2. The Hall–Kier alpha value is -2.17. The second-order valence-corrected chi connectivity index (χ2v) is 3.20. The number of imidazole rings is 1. The van der Waals surface area contributed by atoms with Gasteiger partial charge in [0.15, 0.2) is 0 Å². The summed E-state index contributed by atoms with van der Waals surface area (Å²) in [5, 5.41) is 0. The highest BCUT2D eigenvalue weighted by Crippen LogP contribution is 2.15. The summed E-state index contributed by atoms with van der Waals surface area (Å²) in [5.74, 6) is 0.404. The third-order valence-electron chi connectivity index (χ3n) is 2.16. The van der Waals surface area contributed by atoms with Gasteiger partial charge in [0.1, 0.15) is 12.4 Å². The number of methoxy groups -OCH3 is 1. The van der Waals surface area contributed by atoms with Gasteiger partial charge in [-0.15, -0.1) is 0 Å². The fourth-order valence-electron chi connectivity index (χ4n) is 1.40. The van der Waals surface area contributed by atoms with Gasteiger partial charge in [-0.25, -0.2) is 4.98 Å². The smallest absolute Gasteiger partial charge is 0.325 e. The Morgan fingerprint density at radius 3 is 3.06 bits per heavy atom. The first-order valence-electron chi connectivity index (χ1n) is 4.79. The van der Waals surface area contributed by atoms with E-state index in [4.69, 9.17) is 0 Å². The van der Waals surface area contributed by atoms with Crippen molar-refractivity contribution in [1.29, 1.82) is 0 Å². The van der Waals surface area contributed by atoms with Crippen LogP contribution in [-0.4, -0.2) is 27.6 Å². The van der Waals surface area contributed by atoms with Crippen molar-refractivity contribution in [2.75, 3.05) is 7.11 Å². The summed E-state index contributed by atoms with van der Waals surface area (Å²) in [6.07, 6.45) is 6.78. The second kappa shape index (κ2) is 4.57. The Morgan fingerprint density at radius 1 is 1.50 bits per heavy atom. The number of esters is 1. The van der Waals surface area contributed by atoms with E-state index < -0.39 is 0 Å². The molecule has 16 heavy (non-hydrogen) atoms. The second-order valence-electron chi connectivity index (χ2n) is 3.20. The molecule has 0 amide bonds. The van der Waals surface area contributed by atoms with Gasteiger partial charge in [0.2, 0.25) is 0 Å². The topological polar surface area (TPSA) is 57.0 Å². The fraction of sp³-hybridized carbons (Fsp3) is 0.182. The number of ether oxygens (including phenoxy) is 1. The van der Waals surface area contributed by atoms with Gasteiger partial charge in [0.05, 0.1) is 7.11 Å². The summed E-state index contributed by atoms with van der Waals surface area (Å²) >= 11 is 0. The summed E-state index contributed by atoms with van der Waals surface area (Å²) < 4.78 is 6.34. The van der Waals surface area contributed by atoms with Gasteiger partial charge in [0, 0.05) is 30.4 Å². The maximum atomic E-state index is 11.2. The standard InChI is InChI=1S/C11H11N3O2/c1-16-10(15)8-14-6-5-13-11(14)9-3-2-4-12-7-9/h2-7H,8H2,1H3. The molecule has 0 radical (unpaired) electrons. The van der Waals surface area contributed by atoms with E-state index >= 15 is 0 Å². The molecule has 0 saturated heterocycles. The minimum Gasteiger partial charge on any atom is -0.468 e. The van der Waals surface area contributed by atoms with Gasteiger partial charge < -0.3 is 9.30 Å².